The minimum Gasteiger partial charge on any atom is -0.372 e. The molecule has 2 aliphatic rings. The summed E-state index contributed by atoms with van der Waals surface area (Å²) in [6, 6.07) is 6.65. The van der Waals surface area contributed by atoms with Crippen molar-refractivity contribution in [1.82, 2.24) is 9.36 Å². The molecule has 0 atom stereocenters. The van der Waals surface area contributed by atoms with Crippen LogP contribution in [-0.2, 0) is 0 Å². The number of hydrogen-bond acceptors (Lipinski definition) is 5. The zero-order valence-electron chi connectivity index (χ0n) is 12.3. The predicted molar refractivity (Wildman–Crippen MR) is 87.8 cm³/mol. The maximum Gasteiger partial charge on any atom is 0.207 e. The van der Waals surface area contributed by atoms with Gasteiger partial charge in [-0.25, -0.2) is 4.98 Å². The number of nitrogens with zero attached hydrogens (tertiary/aromatic N) is 3. The quantitative estimate of drug-likeness (QED) is 0.924. The minimum absolute atomic E-state index is 0.621. The van der Waals surface area contributed by atoms with E-state index in [0.29, 0.717) is 5.92 Å². The Balaban J connectivity index is 1.51. The molecule has 1 N–H and O–H groups in total. The van der Waals surface area contributed by atoms with Gasteiger partial charge in [0.15, 0.2) is 0 Å². The molecule has 2 heterocycles. The van der Waals surface area contributed by atoms with Crippen LogP contribution in [-0.4, -0.2) is 22.4 Å². The van der Waals surface area contributed by atoms with Gasteiger partial charge in [-0.3, -0.25) is 0 Å². The highest BCUT2D eigenvalue weighted by atomic mass is 32.1. The highest BCUT2D eigenvalue weighted by Crippen LogP contribution is 2.39. The Bertz CT molecular complexity index is 641. The van der Waals surface area contributed by atoms with Crippen LogP contribution in [0.2, 0.25) is 0 Å². The molecule has 21 heavy (non-hydrogen) atoms. The second-order valence-corrected chi connectivity index (χ2v) is 6.80. The smallest absolute Gasteiger partial charge is 0.207 e. The Hall–Kier alpha value is -1.62. The zero-order valence-corrected chi connectivity index (χ0v) is 13.1. The molecule has 1 saturated carbocycles. The molecule has 4 rings (SSSR count). The van der Waals surface area contributed by atoms with Crippen LogP contribution in [0, 0.1) is 6.92 Å². The third-order valence-electron chi connectivity index (χ3n) is 4.31. The highest BCUT2D eigenvalue weighted by molar-refractivity contribution is 7.09. The lowest BCUT2D eigenvalue weighted by atomic mass is 10.1. The second kappa shape index (κ2) is 5.30. The van der Waals surface area contributed by atoms with Crippen LogP contribution in [0.5, 0.6) is 0 Å². The molecule has 0 spiro atoms. The Kier molecular flexibility index (Phi) is 3.30. The van der Waals surface area contributed by atoms with E-state index in [4.69, 9.17) is 0 Å². The number of anilines is 3. The summed E-state index contributed by atoms with van der Waals surface area (Å²) in [5.41, 5.74) is 3.74. The van der Waals surface area contributed by atoms with E-state index in [1.54, 1.807) is 0 Å². The van der Waals surface area contributed by atoms with Gasteiger partial charge in [0.25, 0.3) is 0 Å². The van der Waals surface area contributed by atoms with Crippen LogP contribution >= 0.6 is 11.5 Å². The van der Waals surface area contributed by atoms with Gasteiger partial charge in [-0.1, -0.05) is 0 Å². The van der Waals surface area contributed by atoms with E-state index < -0.39 is 0 Å². The van der Waals surface area contributed by atoms with Crippen molar-refractivity contribution in [1.29, 1.82) is 0 Å². The predicted octanol–water partition coefficient (Wildman–Crippen LogP) is 4.07. The van der Waals surface area contributed by atoms with E-state index in [2.05, 4.69) is 44.7 Å². The van der Waals surface area contributed by atoms with Gasteiger partial charge in [0.05, 0.1) is 0 Å². The van der Waals surface area contributed by atoms with Crippen molar-refractivity contribution >= 4 is 28.0 Å². The molecule has 2 fully saturated rings. The van der Waals surface area contributed by atoms with E-state index >= 15 is 0 Å². The van der Waals surface area contributed by atoms with Gasteiger partial charge in [0, 0.05) is 41.9 Å². The van der Waals surface area contributed by atoms with Gasteiger partial charge in [0.1, 0.15) is 5.82 Å². The summed E-state index contributed by atoms with van der Waals surface area (Å²) in [6.45, 7) is 4.53. The van der Waals surface area contributed by atoms with Crippen LogP contribution < -0.4 is 10.2 Å². The van der Waals surface area contributed by atoms with E-state index in [1.807, 2.05) is 0 Å². The number of aryl methyl sites for hydroxylation is 1. The molecule has 2 aromatic rings. The van der Waals surface area contributed by atoms with Gasteiger partial charge in [-0.15, -0.1) is 0 Å². The topological polar surface area (TPSA) is 41.0 Å². The van der Waals surface area contributed by atoms with E-state index in [9.17, 15) is 0 Å². The van der Waals surface area contributed by atoms with Gasteiger partial charge in [-0.05, 0) is 56.4 Å². The van der Waals surface area contributed by atoms with Crippen molar-refractivity contribution in [3.63, 3.8) is 0 Å². The summed E-state index contributed by atoms with van der Waals surface area (Å²) in [4.78, 5) is 7.06. The molecule has 5 heteroatoms. The van der Waals surface area contributed by atoms with Crippen molar-refractivity contribution in [2.24, 2.45) is 0 Å². The Morgan fingerprint density at radius 2 is 2.05 bits per heavy atom. The van der Waals surface area contributed by atoms with Crippen LogP contribution in [0.1, 0.15) is 43.0 Å². The average molecular weight is 300 g/mol. The van der Waals surface area contributed by atoms with E-state index in [0.717, 1.165) is 16.6 Å². The average Bonchev–Trinajstić information content (AvgIpc) is 3.01. The van der Waals surface area contributed by atoms with Crippen molar-refractivity contribution in [2.75, 3.05) is 23.3 Å². The number of nitrogens with one attached hydrogen (secondary N) is 1. The van der Waals surface area contributed by atoms with Crippen molar-refractivity contribution in [2.45, 2.75) is 38.5 Å². The molecule has 0 unspecified atom stereocenters. The molecule has 0 radical (unpaired) electrons. The number of hydrogen-bond donors (Lipinski definition) is 1. The van der Waals surface area contributed by atoms with Crippen LogP contribution in [0.4, 0.5) is 16.5 Å². The number of aromatic nitrogens is 2. The summed E-state index contributed by atoms with van der Waals surface area (Å²) < 4.78 is 4.44. The summed E-state index contributed by atoms with van der Waals surface area (Å²) >= 11 is 1.47. The normalized spacial score (nSPS) is 18.2. The summed E-state index contributed by atoms with van der Waals surface area (Å²) in [5.74, 6) is 1.64. The highest BCUT2D eigenvalue weighted by Gasteiger charge is 2.27. The largest absolute Gasteiger partial charge is 0.372 e. The van der Waals surface area contributed by atoms with Gasteiger partial charge in [0.2, 0.25) is 5.13 Å². The number of benzene rings is 1. The molecule has 1 aromatic carbocycles. The maximum atomic E-state index is 4.59. The first-order valence-electron chi connectivity index (χ1n) is 7.76. The first-order valence-corrected chi connectivity index (χ1v) is 8.53. The minimum atomic E-state index is 0.621. The molecule has 1 aromatic heterocycles. The summed E-state index contributed by atoms with van der Waals surface area (Å²) in [5, 5.41) is 4.33. The lowest BCUT2D eigenvalue weighted by Gasteiger charge is -2.19. The Labute approximate surface area is 129 Å². The first kappa shape index (κ1) is 13.1. The van der Waals surface area contributed by atoms with Crippen molar-refractivity contribution < 1.29 is 0 Å². The lowest BCUT2D eigenvalue weighted by molar-refractivity contribution is 0.949. The summed E-state index contributed by atoms with van der Waals surface area (Å²) in [6.07, 6.45) is 5.13. The fourth-order valence-corrected chi connectivity index (χ4v) is 3.53. The second-order valence-electron chi connectivity index (χ2n) is 6.05. The fraction of sp³-hybridized carbons (Fsp3) is 0.500. The number of rotatable bonds is 4. The molecule has 4 nitrogen and oxygen atoms in total. The molecule has 0 bridgehead atoms. The molecule has 1 aliphatic heterocycles. The van der Waals surface area contributed by atoms with Gasteiger partial charge < -0.3 is 10.2 Å². The molecular formula is C16H20N4S. The van der Waals surface area contributed by atoms with Crippen molar-refractivity contribution in [3.8, 4) is 0 Å². The third-order valence-corrected chi connectivity index (χ3v) is 4.95. The van der Waals surface area contributed by atoms with Crippen LogP contribution in [0.3, 0.4) is 0 Å². The van der Waals surface area contributed by atoms with Gasteiger partial charge >= 0.3 is 0 Å². The molecule has 110 valence electrons. The molecule has 0 amide bonds. The maximum absolute atomic E-state index is 4.59. The Morgan fingerprint density at radius 1 is 1.24 bits per heavy atom. The lowest BCUT2D eigenvalue weighted by Crippen LogP contribution is -2.17. The Morgan fingerprint density at radius 3 is 2.76 bits per heavy atom. The molecule has 1 aliphatic carbocycles. The standard InChI is InChI=1S/C16H20N4S/c1-11-10-13(20-8-2-3-9-20)6-7-14(11)17-16-18-15(19-21-16)12-4-5-12/h6-7,10,12H,2-5,8-9H2,1H3,(H,17,18,19). The van der Waals surface area contributed by atoms with Crippen LogP contribution in [0.15, 0.2) is 18.2 Å². The summed E-state index contributed by atoms with van der Waals surface area (Å²) in [7, 11) is 0. The molecule has 1 saturated heterocycles. The monoisotopic (exact) mass is 300 g/mol. The SMILES string of the molecule is Cc1cc(N2CCCC2)ccc1Nc1nc(C2CC2)ns1. The van der Waals surface area contributed by atoms with Crippen LogP contribution in [0.25, 0.3) is 0 Å². The van der Waals surface area contributed by atoms with E-state index in [-0.39, 0.29) is 0 Å². The van der Waals surface area contributed by atoms with Crippen molar-refractivity contribution in [3.05, 3.63) is 29.6 Å². The first-order chi connectivity index (χ1) is 10.3. The van der Waals surface area contributed by atoms with E-state index in [1.165, 1.54) is 61.6 Å². The zero-order chi connectivity index (χ0) is 14.2. The molecular weight excluding hydrogens is 280 g/mol. The third kappa shape index (κ3) is 2.75. The van der Waals surface area contributed by atoms with Gasteiger partial charge in [-0.2, -0.15) is 4.37 Å². The fourth-order valence-electron chi connectivity index (χ4n) is 2.87.